The topological polar surface area (TPSA) is 65.7 Å². The Hall–Kier alpha value is -1.94. The van der Waals surface area contributed by atoms with E-state index in [0.29, 0.717) is 28.2 Å². The smallest absolute Gasteiger partial charge is 0.282 e. The molecule has 1 aromatic heterocycles. The van der Waals surface area contributed by atoms with E-state index in [1.807, 2.05) is 45.0 Å². The molecule has 29 heavy (non-hydrogen) atoms. The molecule has 0 saturated carbocycles. The van der Waals surface area contributed by atoms with Crippen molar-refractivity contribution in [1.29, 1.82) is 0 Å². The van der Waals surface area contributed by atoms with Crippen molar-refractivity contribution in [1.82, 2.24) is 9.66 Å². The number of aromatic nitrogens is 2. The minimum atomic E-state index is -0.371. The van der Waals surface area contributed by atoms with Gasteiger partial charge in [-0.25, -0.2) is 4.98 Å². The maximum absolute atomic E-state index is 13.2. The van der Waals surface area contributed by atoms with Crippen LogP contribution < -0.4 is 15.0 Å². The molecule has 1 heterocycles. The molecule has 8 heteroatoms. The quantitative estimate of drug-likeness (QED) is 0.329. The Kier molecular flexibility index (Phi) is 6.33. The lowest BCUT2D eigenvalue weighted by Crippen LogP contribution is -2.29. The fourth-order valence-electron chi connectivity index (χ4n) is 2.88. The number of fused-ring (bicyclic) bond motifs is 1. The Bertz CT molecular complexity index is 1170. The third kappa shape index (κ3) is 4.48. The fraction of sp³-hybridized carbons (Fsp3) is 0.286. The van der Waals surface area contributed by atoms with Crippen molar-refractivity contribution in [3.05, 3.63) is 60.1 Å². The van der Waals surface area contributed by atoms with E-state index in [0.717, 1.165) is 13.6 Å². The maximum Gasteiger partial charge on any atom is 0.282 e. The molecule has 0 N–H and O–H groups in total. The molecule has 0 aliphatic heterocycles. The molecular weight excluding hydrogens is 549 g/mol. The Morgan fingerprint density at radius 3 is 2.52 bits per heavy atom. The highest BCUT2D eigenvalue weighted by atomic mass is 127. The van der Waals surface area contributed by atoms with E-state index >= 15 is 0 Å². The molecule has 0 atom stereocenters. The Balaban J connectivity index is 2.20. The summed E-state index contributed by atoms with van der Waals surface area (Å²) in [6, 6.07) is 9.21. The molecule has 0 aliphatic rings. The highest BCUT2D eigenvalue weighted by molar-refractivity contribution is 14.1. The van der Waals surface area contributed by atoms with E-state index in [1.165, 1.54) is 4.68 Å². The predicted molar refractivity (Wildman–Crippen MR) is 128 cm³/mol. The summed E-state index contributed by atoms with van der Waals surface area (Å²) < 4.78 is 13.9. The largest absolute Gasteiger partial charge is 0.493 e. The summed E-state index contributed by atoms with van der Waals surface area (Å²) in [6.07, 6.45) is 1.63. The zero-order chi connectivity index (χ0) is 21.3. The van der Waals surface area contributed by atoms with Crippen LogP contribution in [0.15, 0.2) is 44.7 Å². The second kappa shape index (κ2) is 8.43. The minimum absolute atomic E-state index is 0.215. The van der Waals surface area contributed by atoms with Crippen LogP contribution in [0.2, 0.25) is 0 Å². The van der Waals surface area contributed by atoms with Crippen molar-refractivity contribution >= 4 is 55.6 Å². The van der Waals surface area contributed by atoms with E-state index in [2.05, 4.69) is 43.6 Å². The van der Waals surface area contributed by atoms with Crippen molar-refractivity contribution in [2.75, 3.05) is 14.2 Å². The van der Waals surface area contributed by atoms with Crippen LogP contribution in [0.4, 0.5) is 0 Å². The van der Waals surface area contributed by atoms with E-state index in [1.54, 1.807) is 26.5 Å². The van der Waals surface area contributed by atoms with Gasteiger partial charge in [0, 0.05) is 9.89 Å². The van der Waals surface area contributed by atoms with Crippen molar-refractivity contribution in [3.63, 3.8) is 0 Å². The van der Waals surface area contributed by atoms with E-state index in [4.69, 9.17) is 14.5 Å². The van der Waals surface area contributed by atoms with Gasteiger partial charge in [-0.2, -0.15) is 9.78 Å². The fourth-order valence-corrected chi connectivity index (χ4v) is 4.08. The zero-order valence-electron chi connectivity index (χ0n) is 16.8. The van der Waals surface area contributed by atoms with Crippen LogP contribution in [0, 0.1) is 3.57 Å². The second-order valence-electron chi connectivity index (χ2n) is 7.45. The molecule has 3 aromatic rings. The van der Waals surface area contributed by atoms with Crippen molar-refractivity contribution < 1.29 is 9.47 Å². The highest BCUT2D eigenvalue weighted by Crippen LogP contribution is 2.33. The first-order chi connectivity index (χ1) is 13.7. The number of hydrogen-bond acceptors (Lipinski definition) is 5. The van der Waals surface area contributed by atoms with Gasteiger partial charge >= 0.3 is 0 Å². The van der Waals surface area contributed by atoms with Crippen LogP contribution in [0.1, 0.15) is 32.2 Å². The van der Waals surface area contributed by atoms with Crippen LogP contribution in [-0.2, 0) is 5.41 Å². The minimum Gasteiger partial charge on any atom is -0.493 e. The number of halogens is 2. The van der Waals surface area contributed by atoms with Crippen LogP contribution in [0.5, 0.6) is 11.5 Å². The molecule has 0 saturated heterocycles. The maximum atomic E-state index is 13.2. The van der Waals surface area contributed by atoms with Crippen LogP contribution in [0.25, 0.3) is 10.9 Å². The van der Waals surface area contributed by atoms with Gasteiger partial charge in [0.25, 0.3) is 5.56 Å². The van der Waals surface area contributed by atoms with E-state index in [9.17, 15) is 4.79 Å². The van der Waals surface area contributed by atoms with Gasteiger partial charge in [0.2, 0.25) is 0 Å². The van der Waals surface area contributed by atoms with Crippen LogP contribution >= 0.6 is 38.5 Å². The molecule has 2 aromatic carbocycles. The summed E-state index contributed by atoms with van der Waals surface area (Å²) in [5.74, 6) is 1.85. The molecule has 0 bridgehead atoms. The summed E-state index contributed by atoms with van der Waals surface area (Å²) >= 11 is 5.60. The molecule has 0 unspecified atom stereocenters. The number of nitrogens with zero attached hydrogens (tertiary/aromatic N) is 3. The van der Waals surface area contributed by atoms with Gasteiger partial charge in [-0.3, -0.25) is 4.79 Å². The molecule has 6 nitrogen and oxygen atoms in total. The normalized spacial score (nSPS) is 12.0. The van der Waals surface area contributed by atoms with Gasteiger partial charge in [0.1, 0.15) is 5.82 Å². The van der Waals surface area contributed by atoms with Crippen LogP contribution in [0.3, 0.4) is 0 Å². The van der Waals surface area contributed by atoms with Gasteiger partial charge in [0.15, 0.2) is 11.5 Å². The van der Waals surface area contributed by atoms with Gasteiger partial charge in [-0.1, -0.05) is 36.7 Å². The number of ether oxygens (including phenoxy) is 2. The predicted octanol–water partition coefficient (Wildman–Crippen LogP) is 4.96. The number of hydrogen-bond donors (Lipinski definition) is 0. The third-order valence-electron chi connectivity index (χ3n) is 4.26. The zero-order valence-corrected chi connectivity index (χ0v) is 20.5. The summed E-state index contributed by atoms with van der Waals surface area (Å²) in [5, 5.41) is 5.00. The van der Waals surface area contributed by atoms with E-state index < -0.39 is 0 Å². The SMILES string of the molecule is COc1cc(C=Nn2c(C(C)(C)C)nc3ccc(Br)cc3c2=O)cc(I)c1OC. The van der Waals surface area contributed by atoms with Gasteiger partial charge in [-0.15, -0.1) is 0 Å². The average Bonchev–Trinajstić information content (AvgIpc) is 2.66. The lowest BCUT2D eigenvalue weighted by atomic mass is 9.95. The summed E-state index contributed by atoms with van der Waals surface area (Å²) in [5.41, 5.74) is 0.847. The molecule has 0 aliphatic carbocycles. The molecule has 0 radical (unpaired) electrons. The molecule has 3 rings (SSSR count). The first-order valence-corrected chi connectivity index (χ1v) is 10.7. The van der Waals surface area contributed by atoms with Gasteiger partial charge in [-0.05, 0) is 58.5 Å². The van der Waals surface area contributed by atoms with Crippen molar-refractivity contribution in [2.45, 2.75) is 26.2 Å². The van der Waals surface area contributed by atoms with Gasteiger partial charge in [0.05, 0.1) is 34.9 Å². The molecular formula is C21H21BrIN3O3. The Morgan fingerprint density at radius 1 is 1.17 bits per heavy atom. The Morgan fingerprint density at radius 2 is 1.90 bits per heavy atom. The first-order valence-electron chi connectivity index (χ1n) is 8.84. The second-order valence-corrected chi connectivity index (χ2v) is 9.52. The number of benzene rings is 2. The highest BCUT2D eigenvalue weighted by Gasteiger charge is 2.23. The molecule has 0 amide bonds. The lowest BCUT2D eigenvalue weighted by molar-refractivity contribution is 0.353. The summed E-state index contributed by atoms with van der Waals surface area (Å²) in [4.78, 5) is 17.9. The summed E-state index contributed by atoms with van der Waals surface area (Å²) in [6.45, 7) is 6.01. The number of methoxy groups -OCH3 is 2. The monoisotopic (exact) mass is 569 g/mol. The number of rotatable bonds is 4. The third-order valence-corrected chi connectivity index (χ3v) is 5.55. The molecule has 152 valence electrons. The van der Waals surface area contributed by atoms with Crippen LogP contribution in [-0.4, -0.2) is 30.1 Å². The average molecular weight is 570 g/mol. The first kappa shape index (κ1) is 21.8. The summed E-state index contributed by atoms with van der Waals surface area (Å²) in [7, 11) is 3.18. The lowest BCUT2D eigenvalue weighted by Gasteiger charge is -2.21. The molecule has 0 fully saturated rings. The molecule has 0 spiro atoms. The van der Waals surface area contributed by atoms with E-state index in [-0.39, 0.29) is 11.0 Å². The van der Waals surface area contributed by atoms with Crippen molar-refractivity contribution in [3.8, 4) is 11.5 Å². The van der Waals surface area contributed by atoms with Gasteiger partial charge < -0.3 is 9.47 Å². The Labute approximate surface area is 191 Å². The standard InChI is InChI=1S/C21H21BrIN3O3/c1-21(2,3)20-25-16-7-6-13(22)10-14(16)19(27)26(20)24-11-12-8-15(23)18(29-5)17(9-12)28-4/h6-11H,1-5H3. The van der Waals surface area contributed by atoms with Crippen molar-refractivity contribution in [2.24, 2.45) is 5.10 Å².